The number of fused-ring (bicyclic) bond motifs is 1. The van der Waals surface area contributed by atoms with Crippen LogP contribution < -0.4 is 5.32 Å². The first-order valence-electron chi connectivity index (χ1n) is 7.01. The number of nitrogens with one attached hydrogen (secondary N) is 1. The van der Waals surface area contributed by atoms with E-state index in [-0.39, 0.29) is 10.8 Å². The fourth-order valence-electron chi connectivity index (χ4n) is 3.05. The van der Waals surface area contributed by atoms with Crippen LogP contribution in [0, 0.1) is 5.82 Å². The van der Waals surface area contributed by atoms with Crippen LogP contribution in [0.5, 0.6) is 0 Å². The van der Waals surface area contributed by atoms with Crippen molar-refractivity contribution in [2.45, 2.75) is 25.8 Å². The molecule has 1 unspecified atom stereocenters. The summed E-state index contributed by atoms with van der Waals surface area (Å²) >= 11 is 5.91. The highest BCUT2D eigenvalue weighted by molar-refractivity contribution is 6.31. The lowest BCUT2D eigenvalue weighted by atomic mass is 9.96. The summed E-state index contributed by atoms with van der Waals surface area (Å²) in [6.45, 7) is 3.10. The van der Waals surface area contributed by atoms with Crippen LogP contribution in [0.4, 0.5) is 4.39 Å². The van der Waals surface area contributed by atoms with Crippen LogP contribution in [0.1, 0.15) is 30.5 Å². The van der Waals surface area contributed by atoms with Crippen LogP contribution in [-0.4, -0.2) is 6.54 Å². The molecular weight excluding hydrogens is 273 g/mol. The van der Waals surface area contributed by atoms with Gasteiger partial charge in [0.05, 0.1) is 5.02 Å². The molecule has 1 aliphatic carbocycles. The number of hydrogen-bond acceptors (Lipinski definition) is 1. The SMILES string of the molecule is CCNC1CCc2c(-c3ccc(F)c(Cl)c3)cccc21. The van der Waals surface area contributed by atoms with E-state index in [2.05, 4.69) is 30.4 Å². The molecule has 1 atom stereocenters. The largest absolute Gasteiger partial charge is 0.310 e. The van der Waals surface area contributed by atoms with E-state index in [9.17, 15) is 4.39 Å². The Balaban J connectivity index is 2.05. The van der Waals surface area contributed by atoms with Crippen molar-refractivity contribution in [3.63, 3.8) is 0 Å². The van der Waals surface area contributed by atoms with E-state index in [1.807, 2.05) is 0 Å². The summed E-state index contributed by atoms with van der Waals surface area (Å²) in [5, 5.41) is 3.70. The minimum Gasteiger partial charge on any atom is -0.310 e. The smallest absolute Gasteiger partial charge is 0.141 e. The lowest BCUT2D eigenvalue weighted by Gasteiger charge is -2.14. The molecule has 0 fully saturated rings. The van der Waals surface area contributed by atoms with Crippen LogP contribution in [0.3, 0.4) is 0 Å². The lowest BCUT2D eigenvalue weighted by Crippen LogP contribution is -2.18. The predicted octanol–water partition coefficient (Wildman–Crippen LogP) is 4.74. The third kappa shape index (κ3) is 2.34. The third-order valence-corrected chi connectivity index (χ3v) is 4.24. The van der Waals surface area contributed by atoms with Gasteiger partial charge in [-0.05, 0) is 53.8 Å². The monoisotopic (exact) mass is 289 g/mol. The summed E-state index contributed by atoms with van der Waals surface area (Å²) in [4.78, 5) is 0. The van der Waals surface area contributed by atoms with E-state index in [0.29, 0.717) is 6.04 Å². The molecule has 1 N–H and O–H groups in total. The summed E-state index contributed by atoms with van der Waals surface area (Å²) < 4.78 is 13.3. The van der Waals surface area contributed by atoms with Gasteiger partial charge >= 0.3 is 0 Å². The first-order chi connectivity index (χ1) is 9.70. The highest BCUT2D eigenvalue weighted by atomic mass is 35.5. The molecule has 1 nitrogen and oxygen atoms in total. The molecule has 0 heterocycles. The van der Waals surface area contributed by atoms with Crippen molar-refractivity contribution in [2.75, 3.05) is 6.54 Å². The van der Waals surface area contributed by atoms with Crippen molar-refractivity contribution in [1.82, 2.24) is 5.32 Å². The molecule has 0 saturated heterocycles. The Labute approximate surface area is 123 Å². The minimum atomic E-state index is -0.367. The van der Waals surface area contributed by atoms with Gasteiger partial charge in [0.1, 0.15) is 5.82 Å². The molecule has 0 spiro atoms. The number of halogens is 2. The summed E-state index contributed by atoms with van der Waals surface area (Å²) in [5.74, 6) is -0.367. The van der Waals surface area contributed by atoms with Gasteiger partial charge in [-0.1, -0.05) is 42.8 Å². The van der Waals surface area contributed by atoms with Crippen molar-refractivity contribution in [1.29, 1.82) is 0 Å². The van der Waals surface area contributed by atoms with E-state index in [4.69, 9.17) is 11.6 Å². The molecule has 3 rings (SSSR count). The minimum absolute atomic E-state index is 0.182. The Morgan fingerprint density at radius 2 is 2.15 bits per heavy atom. The molecule has 0 aliphatic heterocycles. The molecule has 2 aromatic rings. The summed E-state index contributed by atoms with van der Waals surface area (Å²) in [6, 6.07) is 11.7. The van der Waals surface area contributed by atoms with E-state index in [0.717, 1.165) is 24.9 Å². The zero-order chi connectivity index (χ0) is 14.1. The maximum Gasteiger partial charge on any atom is 0.141 e. The molecule has 0 saturated carbocycles. The standard InChI is InChI=1S/C17H17ClFN/c1-2-20-17-9-7-13-12(4-3-5-14(13)17)11-6-8-16(19)15(18)10-11/h3-6,8,10,17,20H,2,7,9H2,1H3. The zero-order valence-electron chi connectivity index (χ0n) is 11.4. The maximum atomic E-state index is 13.3. The molecule has 0 amide bonds. The Kier molecular flexibility index (Phi) is 3.77. The zero-order valence-corrected chi connectivity index (χ0v) is 12.2. The van der Waals surface area contributed by atoms with Crippen molar-refractivity contribution < 1.29 is 4.39 Å². The molecule has 2 aromatic carbocycles. The van der Waals surface area contributed by atoms with E-state index < -0.39 is 0 Å². The normalized spacial score (nSPS) is 17.2. The average molecular weight is 290 g/mol. The summed E-state index contributed by atoms with van der Waals surface area (Å²) in [6.07, 6.45) is 2.17. The highest BCUT2D eigenvalue weighted by Crippen LogP contribution is 2.38. The fraction of sp³-hybridized carbons (Fsp3) is 0.294. The number of rotatable bonds is 3. The highest BCUT2D eigenvalue weighted by Gasteiger charge is 2.24. The Morgan fingerprint density at radius 1 is 1.30 bits per heavy atom. The van der Waals surface area contributed by atoms with E-state index in [1.54, 1.807) is 12.1 Å². The van der Waals surface area contributed by atoms with E-state index >= 15 is 0 Å². The summed E-state index contributed by atoms with van der Waals surface area (Å²) in [5.41, 5.74) is 4.89. The Hall–Kier alpha value is -1.38. The van der Waals surface area contributed by atoms with Crippen LogP contribution in [-0.2, 0) is 6.42 Å². The van der Waals surface area contributed by atoms with Crippen molar-refractivity contribution in [2.24, 2.45) is 0 Å². The van der Waals surface area contributed by atoms with Gasteiger partial charge in [0, 0.05) is 6.04 Å². The predicted molar refractivity (Wildman–Crippen MR) is 81.6 cm³/mol. The first kappa shape index (κ1) is 13.6. The molecule has 104 valence electrons. The first-order valence-corrected chi connectivity index (χ1v) is 7.39. The van der Waals surface area contributed by atoms with Crippen LogP contribution >= 0.6 is 11.6 Å². The molecule has 0 radical (unpaired) electrons. The van der Waals surface area contributed by atoms with Crippen molar-refractivity contribution >= 4 is 11.6 Å². The van der Waals surface area contributed by atoms with Crippen LogP contribution in [0.15, 0.2) is 36.4 Å². The van der Waals surface area contributed by atoms with Gasteiger partial charge in [0.25, 0.3) is 0 Å². The fourth-order valence-corrected chi connectivity index (χ4v) is 3.23. The number of hydrogen-bond donors (Lipinski definition) is 1. The van der Waals surface area contributed by atoms with Gasteiger partial charge in [-0.15, -0.1) is 0 Å². The van der Waals surface area contributed by atoms with Crippen molar-refractivity contribution in [3.8, 4) is 11.1 Å². The van der Waals surface area contributed by atoms with Crippen LogP contribution in [0.25, 0.3) is 11.1 Å². The second kappa shape index (κ2) is 5.55. The summed E-state index contributed by atoms with van der Waals surface area (Å²) in [7, 11) is 0. The topological polar surface area (TPSA) is 12.0 Å². The second-order valence-corrected chi connectivity index (χ2v) is 5.56. The van der Waals surface area contributed by atoms with Gasteiger partial charge in [-0.3, -0.25) is 0 Å². The quantitative estimate of drug-likeness (QED) is 0.860. The number of benzene rings is 2. The van der Waals surface area contributed by atoms with Gasteiger partial charge in [-0.25, -0.2) is 4.39 Å². The second-order valence-electron chi connectivity index (χ2n) is 5.15. The molecule has 3 heteroatoms. The van der Waals surface area contributed by atoms with Gasteiger partial charge in [-0.2, -0.15) is 0 Å². The lowest BCUT2D eigenvalue weighted by molar-refractivity contribution is 0.549. The van der Waals surface area contributed by atoms with Crippen LogP contribution in [0.2, 0.25) is 5.02 Å². The Bertz CT molecular complexity index is 639. The molecule has 1 aliphatic rings. The molecular formula is C17H17ClFN. The van der Waals surface area contributed by atoms with Gasteiger partial charge in [0.2, 0.25) is 0 Å². The van der Waals surface area contributed by atoms with Crippen molar-refractivity contribution in [3.05, 3.63) is 58.4 Å². The van der Waals surface area contributed by atoms with Gasteiger partial charge in [0.15, 0.2) is 0 Å². The molecule has 20 heavy (non-hydrogen) atoms. The molecule has 0 bridgehead atoms. The maximum absolute atomic E-state index is 13.3. The Morgan fingerprint density at radius 3 is 2.90 bits per heavy atom. The van der Waals surface area contributed by atoms with Gasteiger partial charge < -0.3 is 5.32 Å². The third-order valence-electron chi connectivity index (χ3n) is 3.95. The molecule has 0 aromatic heterocycles. The van der Waals surface area contributed by atoms with E-state index in [1.165, 1.54) is 22.8 Å². The average Bonchev–Trinajstić information content (AvgIpc) is 2.86.